The predicted molar refractivity (Wildman–Crippen MR) is 65.9 cm³/mol. The van der Waals surface area contributed by atoms with Gasteiger partial charge in [0.2, 0.25) is 0 Å². The number of nitriles is 1. The van der Waals surface area contributed by atoms with Crippen LogP contribution in [-0.2, 0) is 4.84 Å². The SMILES string of the molecule is CC(C)(C)N1O[C@H](C#N)C[C@@H]1c1ccccc1. The lowest BCUT2D eigenvalue weighted by Gasteiger charge is -2.34. The molecule has 90 valence electrons. The van der Waals surface area contributed by atoms with E-state index in [0.29, 0.717) is 0 Å². The maximum Gasteiger partial charge on any atom is 0.167 e. The van der Waals surface area contributed by atoms with E-state index in [1.165, 1.54) is 5.56 Å². The first kappa shape index (κ1) is 12.1. The molecular formula is C14H18N2O. The third-order valence-electron chi connectivity index (χ3n) is 2.95. The second-order valence-corrected chi connectivity index (χ2v) is 5.38. The summed E-state index contributed by atoms with van der Waals surface area (Å²) in [6.45, 7) is 6.30. The summed E-state index contributed by atoms with van der Waals surface area (Å²) in [6, 6.07) is 12.6. The fourth-order valence-electron chi connectivity index (χ4n) is 2.20. The molecule has 1 aliphatic rings. The molecule has 1 fully saturated rings. The van der Waals surface area contributed by atoms with E-state index in [2.05, 4.69) is 39.0 Å². The van der Waals surface area contributed by atoms with Gasteiger partial charge in [-0.25, -0.2) is 0 Å². The largest absolute Gasteiger partial charge is 0.279 e. The van der Waals surface area contributed by atoms with Crippen molar-refractivity contribution < 1.29 is 4.84 Å². The molecule has 3 nitrogen and oxygen atoms in total. The second-order valence-electron chi connectivity index (χ2n) is 5.38. The number of benzene rings is 1. The number of hydrogen-bond donors (Lipinski definition) is 0. The quantitative estimate of drug-likeness (QED) is 0.744. The fourth-order valence-corrected chi connectivity index (χ4v) is 2.20. The zero-order valence-electron chi connectivity index (χ0n) is 10.6. The molecular weight excluding hydrogens is 212 g/mol. The van der Waals surface area contributed by atoms with Crippen molar-refractivity contribution in [1.29, 1.82) is 5.26 Å². The molecule has 0 bridgehead atoms. The summed E-state index contributed by atoms with van der Waals surface area (Å²) in [4.78, 5) is 5.71. The maximum atomic E-state index is 9.01. The summed E-state index contributed by atoms with van der Waals surface area (Å²) in [6.07, 6.45) is 0.400. The van der Waals surface area contributed by atoms with Gasteiger partial charge >= 0.3 is 0 Å². The highest BCUT2D eigenvalue weighted by Gasteiger charge is 2.40. The standard InChI is InChI=1S/C14H18N2O/c1-14(2,3)16-13(9-12(10-15)17-16)11-7-5-4-6-8-11/h4-8,12-13H,9H2,1-3H3/t12-,13+/m0/s1. The van der Waals surface area contributed by atoms with Crippen LogP contribution in [0.1, 0.15) is 38.8 Å². The van der Waals surface area contributed by atoms with Crippen LogP contribution in [0.25, 0.3) is 0 Å². The second kappa shape index (κ2) is 4.48. The highest BCUT2D eigenvalue weighted by Crippen LogP contribution is 2.38. The van der Waals surface area contributed by atoms with Crippen LogP contribution in [0.5, 0.6) is 0 Å². The van der Waals surface area contributed by atoms with Crippen molar-refractivity contribution in [1.82, 2.24) is 5.06 Å². The number of rotatable bonds is 1. The average Bonchev–Trinajstić information content (AvgIpc) is 2.74. The Balaban J connectivity index is 2.29. The molecule has 0 spiro atoms. The van der Waals surface area contributed by atoms with E-state index in [1.54, 1.807) is 0 Å². The van der Waals surface area contributed by atoms with Crippen LogP contribution in [-0.4, -0.2) is 16.7 Å². The van der Waals surface area contributed by atoms with Gasteiger partial charge in [-0.15, -0.1) is 0 Å². The van der Waals surface area contributed by atoms with Gasteiger partial charge in [0.15, 0.2) is 6.10 Å². The zero-order chi connectivity index (χ0) is 12.5. The first-order chi connectivity index (χ1) is 8.02. The minimum Gasteiger partial charge on any atom is -0.279 e. The lowest BCUT2D eigenvalue weighted by Crippen LogP contribution is -2.40. The molecule has 2 rings (SSSR count). The van der Waals surface area contributed by atoms with Crippen LogP contribution in [0.4, 0.5) is 0 Å². The van der Waals surface area contributed by atoms with Gasteiger partial charge in [0.05, 0.1) is 12.1 Å². The summed E-state index contributed by atoms with van der Waals surface area (Å²) in [7, 11) is 0. The molecule has 2 atom stereocenters. The fraction of sp³-hybridized carbons (Fsp3) is 0.500. The van der Waals surface area contributed by atoms with E-state index in [4.69, 9.17) is 10.1 Å². The first-order valence-corrected chi connectivity index (χ1v) is 5.93. The monoisotopic (exact) mass is 230 g/mol. The molecule has 0 N–H and O–H groups in total. The molecule has 0 aliphatic carbocycles. The topological polar surface area (TPSA) is 36.3 Å². The third kappa shape index (κ3) is 2.49. The Bertz CT molecular complexity index is 416. The Morgan fingerprint density at radius 2 is 1.94 bits per heavy atom. The summed E-state index contributed by atoms with van der Waals surface area (Å²) in [5.41, 5.74) is 1.10. The molecule has 0 aromatic heterocycles. The van der Waals surface area contributed by atoms with Crippen molar-refractivity contribution in [3.63, 3.8) is 0 Å². The molecule has 1 aromatic rings. The maximum absolute atomic E-state index is 9.01. The number of nitrogens with zero attached hydrogens (tertiary/aromatic N) is 2. The predicted octanol–water partition coefficient (Wildman–Crippen LogP) is 3.06. The zero-order valence-corrected chi connectivity index (χ0v) is 10.6. The highest BCUT2D eigenvalue weighted by molar-refractivity contribution is 5.21. The van der Waals surface area contributed by atoms with Crippen LogP contribution in [0, 0.1) is 11.3 Å². The Labute approximate surface area is 103 Å². The van der Waals surface area contributed by atoms with E-state index >= 15 is 0 Å². The molecule has 3 heteroatoms. The molecule has 0 unspecified atom stereocenters. The lowest BCUT2D eigenvalue weighted by atomic mass is 9.98. The Morgan fingerprint density at radius 1 is 1.29 bits per heavy atom. The van der Waals surface area contributed by atoms with Gasteiger partial charge in [-0.3, -0.25) is 4.84 Å². The van der Waals surface area contributed by atoms with Crippen LogP contribution in [0.15, 0.2) is 30.3 Å². The van der Waals surface area contributed by atoms with Crippen molar-refractivity contribution in [2.45, 2.75) is 44.9 Å². The molecule has 0 amide bonds. The molecule has 1 aliphatic heterocycles. The van der Waals surface area contributed by atoms with E-state index in [0.717, 1.165) is 6.42 Å². The summed E-state index contributed by atoms with van der Waals surface area (Å²) < 4.78 is 0. The van der Waals surface area contributed by atoms with Crippen LogP contribution >= 0.6 is 0 Å². The summed E-state index contributed by atoms with van der Waals surface area (Å²) >= 11 is 0. The van der Waals surface area contributed by atoms with Gasteiger partial charge in [-0.05, 0) is 26.3 Å². The minimum atomic E-state index is -0.334. The normalized spacial score (nSPS) is 25.8. The third-order valence-corrected chi connectivity index (χ3v) is 2.95. The van der Waals surface area contributed by atoms with E-state index in [9.17, 15) is 0 Å². The summed E-state index contributed by atoms with van der Waals surface area (Å²) in [5.74, 6) is 0. The molecule has 17 heavy (non-hydrogen) atoms. The van der Waals surface area contributed by atoms with E-state index < -0.39 is 0 Å². The van der Waals surface area contributed by atoms with Crippen LogP contribution < -0.4 is 0 Å². The van der Waals surface area contributed by atoms with Gasteiger partial charge in [-0.1, -0.05) is 30.3 Å². The first-order valence-electron chi connectivity index (χ1n) is 5.93. The molecule has 1 saturated heterocycles. The van der Waals surface area contributed by atoms with E-state index in [1.807, 2.05) is 23.3 Å². The van der Waals surface area contributed by atoms with Crippen molar-refractivity contribution >= 4 is 0 Å². The van der Waals surface area contributed by atoms with Gasteiger partial charge in [0, 0.05) is 12.0 Å². The van der Waals surface area contributed by atoms with Crippen LogP contribution in [0.3, 0.4) is 0 Å². The van der Waals surface area contributed by atoms with Crippen molar-refractivity contribution in [3.05, 3.63) is 35.9 Å². The number of hydrogen-bond acceptors (Lipinski definition) is 3. The van der Waals surface area contributed by atoms with Gasteiger partial charge in [-0.2, -0.15) is 10.3 Å². The van der Waals surface area contributed by atoms with E-state index in [-0.39, 0.29) is 17.7 Å². The minimum absolute atomic E-state index is 0.105. The van der Waals surface area contributed by atoms with Gasteiger partial charge in [0.25, 0.3) is 0 Å². The highest BCUT2D eigenvalue weighted by atomic mass is 16.7. The Morgan fingerprint density at radius 3 is 2.47 bits per heavy atom. The van der Waals surface area contributed by atoms with Crippen molar-refractivity contribution in [3.8, 4) is 6.07 Å². The Hall–Kier alpha value is -1.37. The molecule has 0 radical (unpaired) electrons. The molecule has 1 heterocycles. The molecule has 1 aromatic carbocycles. The van der Waals surface area contributed by atoms with Crippen molar-refractivity contribution in [2.24, 2.45) is 0 Å². The summed E-state index contributed by atoms with van der Waals surface area (Å²) in [5, 5.41) is 11.0. The lowest BCUT2D eigenvalue weighted by molar-refractivity contribution is -0.203. The molecule has 0 saturated carbocycles. The van der Waals surface area contributed by atoms with Crippen molar-refractivity contribution in [2.75, 3.05) is 0 Å². The van der Waals surface area contributed by atoms with Gasteiger partial charge < -0.3 is 0 Å². The van der Waals surface area contributed by atoms with Gasteiger partial charge in [0.1, 0.15) is 0 Å². The number of hydroxylamine groups is 2. The van der Waals surface area contributed by atoms with Crippen LogP contribution in [0.2, 0.25) is 0 Å². The smallest absolute Gasteiger partial charge is 0.167 e. The Kier molecular flexibility index (Phi) is 3.19. The average molecular weight is 230 g/mol.